The Kier molecular flexibility index (Phi) is 6.11. The van der Waals surface area contributed by atoms with Crippen LogP contribution in [0.15, 0.2) is 0 Å². The van der Waals surface area contributed by atoms with Crippen LogP contribution in [0.5, 0.6) is 0 Å². The zero-order valence-electron chi connectivity index (χ0n) is 12.8. The van der Waals surface area contributed by atoms with Gasteiger partial charge in [0.15, 0.2) is 0 Å². The molecule has 2 aliphatic rings. The monoisotopic (exact) mass is 268 g/mol. The second kappa shape index (κ2) is 7.61. The smallest absolute Gasteiger partial charge is 0.0674 e. The van der Waals surface area contributed by atoms with Crippen LogP contribution >= 0.6 is 0 Å². The maximum atomic E-state index is 6.04. The van der Waals surface area contributed by atoms with E-state index in [9.17, 15) is 0 Å². The molecule has 2 N–H and O–H groups in total. The van der Waals surface area contributed by atoms with Crippen molar-refractivity contribution in [2.24, 2.45) is 17.6 Å². The predicted molar refractivity (Wildman–Crippen MR) is 80.2 cm³/mol. The van der Waals surface area contributed by atoms with Crippen molar-refractivity contribution in [1.82, 2.24) is 4.90 Å². The fraction of sp³-hybridized carbons (Fsp3) is 1.00. The summed E-state index contributed by atoms with van der Waals surface area (Å²) < 4.78 is 5.79. The van der Waals surface area contributed by atoms with Gasteiger partial charge in [0.25, 0.3) is 0 Å². The molecule has 2 fully saturated rings. The number of nitrogens with zero attached hydrogens (tertiary/aromatic N) is 1. The Morgan fingerprint density at radius 1 is 1.32 bits per heavy atom. The Morgan fingerprint density at radius 3 is 2.89 bits per heavy atom. The minimum atomic E-state index is 0.382. The average Bonchev–Trinajstić information content (AvgIpc) is 2.64. The summed E-state index contributed by atoms with van der Waals surface area (Å²) in [5.41, 5.74) is 6.04. The van der Waals surface area contributed by atoms with Crippen LogP contribution in [-0.4, -0.2) is 43.3 Å². The van der Waals surface area contributed by atoms with Crippen LogP contribution in [-0.2, 0) is 4.74 Å². The van der Waals surface area contributed by atoms with E-state index in [1.165, 1.54) is 45.1 Å². The van der Waals surface area contributed by atoms with Crippen LogP contribution < -0.4 is 5.73 Å². The van der Waals surface area contributed by atoms with Crippen LogP contribution in [0, 0.1) is 11.8 Å². The van der Waals surface area contributed by atoms with E-state index in [-0.39, 0.29) is 0 Å². The Balaban J connectivity index is 1.99. The van der Waals surface area contributed by atoms with Crippen molar-refractivity contribution in [3.8, 4) is 0 Å². The highest BCUT2D eigenvalue weighted by Crippen LogP contribution is 2.35. The lowest BCUT2D eigenvalue weighted by Crippen LogP contribution is -2.48. The van der Waals surface area contributed by atoms with Gasteiger partial charge in [0, 0.05) is 25.7 Å². The van der Waals surface area contributed by atoms with E-state index >= 15 is 0 Å². The van der Waals surface area contributed by atoms with Crippen molar-refractivity contribution in [3.63, 3.8) is 0 Å². The fourth-order valence-corrected chi connectivity index (χ4v) is 4.01. The van der Waals surface area contributed by atoms with Gasteiger partial charge in [-0.1, -0.05) is 26.2 Å². The van der Waals surface area contributed by atoms with Crippen LogP contribution in [0.3, 0.4) is 0 Å². The highest BCUT2D eigenvalue weighted by molar-refractivity contribution is 4.88. The average molecular weight is 268 g/mol. The third kappa shape index (κ3) is 4.17. The first-order chi connectivity index (χ1) is 9.24. The number of rotatable bonds is 4. The summed E-state index contributed by atoms with van der Waals surface area (Å²) in [6, 6.07) is 0.708. The van der Waals surface area contributed by atoms with E-state index < -0.39 is 0 Å². The van der Waals surface area contributed by atoms with Crippen molar-refractivity contribution in [3.05, 3.63) is 0 Å². The van der Waals surface area contributed by atoms with Crippen molar-refractivity contribution in [1.29, 1.82) is 0 Å². The van der Waals surface area contributed by atoms with Crippen molar-refractivity contribution in [2.45, 2.75) is 64.5 Å². The van der Waals surface area contributed by atoms with Gasteiger partial charge in [-0.05, 0) is 44.6 Å². The molecule has 4 atom stereocenters. The van der Waals surface area contributed by atoms with Crippen molar-refractivity contribution >= 4 is 0 Å². The van der Waals surface area contributed by atoms with Gasteiger partial charge in [0.05, 0.1) is 6.10 Å². The molecule has 1 aliphatic carbocycles. The number of hydrogen-bond acceptors (Lipinski definition) is 3. The molecule has 3 heteroatoms. The van der Waals surface area contributed by atoms with Gasteiger partial charge >= 0.3 is 0 Å². The first-order valence-electron chi connectivity index (χ1n) is 8.30. The molecule has 1 heterocycles. The Labute approximate surface area is 118 Å². The molecule has 1 saturated heterocycles. The lowest BCUT2D eigenvalue weighted by atomic mass is 9.76. The molecule has 0 spiro atoms. The number of ether oxygens (including phenoxy) is 1. The first-order valence-corrected chi connectivity index (χ1v) is 8.30. The zero-order chi connectivity index (χ0) is 13.7. The molecule has 19 heavy (non-hydrogen) atoms. The quantitative estimate of drug-likeness (QED) is 0.852. The molecular weight excluding hydrogens is 236 g/mol. The molecule has 112 valence electrons. The van der Waals surface area contributed by atoms with Gasteiger partial charge in [-0.3, -0.25) is 4.90 Å². The van der Waals surface area contributed by atoms with Gasteiger partial charge in [-0.25, -0.2) is 0 Å². The summed E-state index contributed by atoms with van der Waals surface area (Å²) in [5, 5.41) is 0. The highest BCUT2D eigenvalue weighted by Gasteiger charge is 2.34. The summed E-state index contributed by atoms with van der Waals surface area (Å²) in [4.78, 5) is 2.69. The molecule has 1 aliphatic heterocycles. The maximum Gasteiger partial charge on any atom is 0.0674 e. The SMILES string of the molecule is CCCC1CCC(CN)C(N2CCCOC(C)C2)C1. The first kappa shape index (κ1) is 15.3. The second-order valence-electron chi connectivity index (χ2n) is 6.56. The van der Waals surface area contributed by atoms with Gasteiger partial charge in [-0.2, -0.15) is 0 Å². The molecule has 0 bridgehead atoms. The molecular formula is C16H32N2O. The molecule has 0 amide bonds. The van der Waals surface area contributed by atoms with E-state index in [0.717, 1.165) is 25.6 Å². The Bertz CT molecular complexity index is 259. The van der Waals surface area contributed by atoms with E-state index in [1.54, 1.807) is 0 Å². The maximum absolute atomic E-state index is 6.04. The Morgan fingerprint density at radius 2 is 2.16 bits per heavy atom. The topological polar surface area (TPSA) is 38.5 Å². The third-order valence-corrected chi connectivity index (χ3v) is 5.02. The number of nitrogens with two attached hydrogens (primary N) is 1. The lowest BCUT2D eigenvalue weighted by molar-refractivity contribution is 0.0371. The van der Waals surface area contributed by atoms with Crippen LogP contribution in [0.1, 0.15) is 52.4 Å². The molecule has 4 unspecified atom stereocenters. The van der Waals surface area contributed by atoms with Crippen molar-refractivity contribution < 1.29 is 4.74 Å². The minimum Gasteiger partial charge on any atom is -0.377 e. The number of hydrogen-bond donors (Lipinski definition) is 1. The molecule has 3 nitrogen and oxygen atoms in total. The summed E-state index contributed by atoms with van der Waals surface area (Å²) >= 11 is 0. The van der Waals surface area contributed by atoms with E-state index in [2.05, 4.69) is 18.7 Å². The second-order valence-corrected chi connectivity index (χ2v) is 6.56. The minimum absolute atomic E-state index is 0.382. The van der Waals surface area contributed by atoms with E-state index in [0.29, 0.717) is 18.1 Å². The van der Waals surface area contributed by atoms with E-state index in [1.807, 2.05) is 0 Å². The van der Waals surface area contributed by atoms with Crippen molar-refractivity contribution in [2.75, 3.05) is 26.2 Å². The van der Waals surface area contributed by atoms with Crippen LogP contribution in [0.25, 0.3) is 0 Å². The summed E-state index contributed by atoms with van der Waals surface area (Å²) in [7, 11) is 0. The third-order valence-electron chi connectivity index (χ3n) is 5.02. The predicted octanol–water partition coefficient (Wildman–Crippen LogP) is 2.64. The molecule has 2 rings (SSSR count). The molecule has 0 aromatic rings. The Hall–Kier alpha value is -0.120. The van der Waals surface area contributed by atoms with Crippen LogP contribution in [0.4, 0.5) is 0 Å². The zero-order valence-corrected chi connectivity index (χ0v) is 12.8. The van der Waals surface area contributed by atoms with Gasteiger partial charge < -0.3 is 10.5 Å². The highest BCUT2D eigenvalue weighted by atomic mass is 16.5. The largest absolute Gasteiger partial charge is 0.377 e. The molecule has 0 aromatic heterocycles. The normalized spacial score (nSPS) is 38.1. The summed E-state index contributed by atoms with van der Waals surface area (Å²) in [6.07, 6.45) is 8.37. The van der Waals surface area contributed by atoms with E-state index in [4.69, 9.17) is 10.5 Å². The molecule has 1 saturated carbocycles. The fourth-order valence-electron chi connectivity index (χ4n) is 4.01. The standard InChI is InChI=1S/C16H32N2O/c1-3-5-14-6-7-15(11-17)16(10-14)18-8-4-9-19-13(2)12-18/h13-16H,3-12,17H2,1-2H3. The molecule has 0 aromatic carbocycles. The summed E-state index contributed by atoms with van der Waals surface area (Å²) in [5.74, 6) is 1.63. The van der Waals surface area contributed by atoms with Crippen LogP contribution in [0.2, 0.25) is 0 Å². The lowest BCUT2D eigenvalue weighted by Gasteiger charge is -2.42. The van der Waals surface area contributed by atoms with Gasteiger partial charge in [0.1, 0.15) is 0 Å². The van der Waals surface area contributed by atoms with Gasteiger partial charge in [0.2, 0.25) is 0 Å². The summed E-state index contributed by atoms with van der Waals surface area (Å²) in [6.45, 7) is 8.60. The molecule has 0 radical (unpaired) electrons. The van der Waals surface area contributed by atoms with Gasteiger partial charge in [-0.15, -0.1) is 0 Å².